The van der Waals surface area contributed by atoms with Crippen molar-refractivity contribution in [1.82, 2.24) is 20.2 Å². The lowest BCUT2D eigenvalue weighted by Crippen LogP contribution is -2.49. The zero-order valence-corrected chi connectivity index (χ0v) is 12.3. The number of piperazine rings is 1. The van der Waals surface area contributed by atoms with Gasteiger partial charge in [0.15, 0.2) is 0 Å². The Kier molecular flexibility index (Phi) is 5.10. The Bertz CT molecular complexity index is 368. The number of hydrogen-bond donors (Lipinski definition) is 1. The molecule has 0 amide bonds. The molecule has 0 unspecified atom stereocenters. The Morgan fingerprint density at radius 1 is 1.16 bits per heavy atom. The highest BCUT2D eigenvalue weighted by atomic mass is 15.3. The molecule has 0 atom stereocenters. The van der Waals surface area contributed by atoms with E-state index in [9.17, 15) is 0 Å². The monoisotopic (exact) mass is 263 g/mol. The van der Waals surface area contributed by atoms with Crippen LogP contribution in [0.1, 0.15) is 26.5 Å². The Hall–Kier alpha value is -1.20. The zero-order valence-electron chi connectivity index (χ0n) is 12.3. The molecule has 1 fully saturated rings. The van der Waals surface area contributed by atoms with Gasteiger partial charge in [0, 0.05) is 38.8 Å². The quantitative estimate of drug-likeness (QED) is 0.862. The van der Waals surface area contributed by atoms with Crippen LogP contribution in [0, 0.1) is 0 Å². The molecule has 0 saturated carbocycles. The van der Waals surface area contributed by atoms with Crippen LogP contribution in [-0.4, -0.2) is 53.6 Å². The molecule has 1 saturated heterocycles. The van der Waals surface area contributed by atoms with Crippen molar-refractivity contribution in [3.63, 3.8) is 0 Å². The van der Waals surface area contributed by atoms with Crippen molar-refractivity contribution in [3.8, 4) is 0 Å². The second kappa shape index (κ2) is 6.82. The molecule has 0 radical (unpaired) electrons. The number of rotatable bonds is 5. The number of nitrogens with one attached hydrogen (secondary N) is 1. The van der Waals surface area contributed by atoms with Crippen molar-refractivity contribution in [1.29, 1.82) is 0 Å². The van der Waals surface area contributed by atoms with Crippen LogP contribution in [0.3, 0.4) is 0 Å². The van der Waals surface area contributed by atoms with Gasteiger partial charge >= 0.3 is 0 Å². The average molecular weight is 263 g/mol. The largest absolute Gasteiger partial charge is 0.353 e. The van der Waals surface area contributed by atoms with Gasteiger partial charge in [-0.05, 0) is 20.4 Å². The van der Waals surface area contributed by atoms with Gasteiger partial charge in [0.25, 0.3) is 0 Å². The lowest BCUT2D eigenvalue weighted by atomic mass is 10.2. The molecule has 19 heavy (non-hydrogen) atoms. The number of aromatic nitrogens is 2. The predicted molar refractivity (Wildman–Crippen MR) is 78.3 cm³/mol. The maximum atomic E-state index is 4.53. The van der Waals surface area contributed by atoms with E-state index in [4.69, 9.17) is 0 Å². The summed E-state index contributed by atoms with van der Waals surface area (Å²) in [6.07, 6.45) is 3.78. The van der Waals surface area contributed by atoms with Crippen molar-refractivity contribution in [2.45, 2.75) is 33.4 Å². The molecule has 0 spiro atoms. The first-order chi connectivity index (χ1) is 9.20. The number of hydrogen-bond acceptors (Lipinski definition) is 5. The minimum atomic E-state index is 0.635. The Balaban J connectivity index is 1.89. The summed E-state index contributed by atoms with van der Waals surface area (Å²) in [5, 5.41) is 3.26. The van der Waals surface area contributed by atoms with E-state index in [2.05, 4.69) is 45.9 Å². The molecule has 0 aliphatic carbocycles. The molecule has 5 nitrogen and oxygen atoms in total. The summed E-state index contributed by atoms with van der Waals surface area (Å²) in [5.41, 5.74) is 1.01. The van der Waals surface area contributed by atoms with E-state index in [1.807, 2.05) is 12.4 Å². The Morgan fingerprint density at radius 3 is 2.42 bits per heavy atom. The molecule has 2 heterocycles. The molecule has 1 aromatic heterocycles. The molecule has 0 aromatic carbocycles. The summed E-state index contributed by atoms with van der Waals surface area (Å²) < 4.78 is 0. The molecule has 2 rings (SSSR count). The molecule has 1 aliphatic rings. The Labute approximate surface area is 116 Å². The molecule has 106 valence electrons. The molecule has 1 aromatic rings. The Morgan fingerprint density at radius 2 is 1.89 bits per heavy atom. The minimum absolute atomic E-state index is 0.635. The maximum absolute atomic E-state index is 4.53. The first kappa shape index (κ1) is 14.2. The van der Waals surface area contributed by atoms with E-state index in [0.29, 0.717) is 6.04 Å². The van der Waals surface area contributed by atoms with E-state index in [0.717, 1.165) is 50.8 Å². The molecule has 0 bridgehead atoms. The van der Waals surface area contributed by atoms with Crippen molar-refractivity contribution < 1.29 is 0 Å². The van der Waals surface area contributed by atoms with Crippen LogP contribution in [0.15, 0.2) is 12.4 Å². The second-order valence-corrected chi connectivity index (χ2v) is 5.26. The van der Waals surface area contributed by atoms with Gasteiger partial charge in [0.1, 0.15) is 5.82 Å². The minimum Gasteiger partial charge on any atom is -0.353 e. The lowest BCUT2D eigenvalue weighted by molar-refractivity contribution is 0.209. The number of anilines is 1. The first-order valence-corrected chi connectivity index (χ1v) is 7.21. The van der Waals surface area contributed by atoms with Gasteiger partial charge < -0.3 is 10.2 Å². The van der Waals surface area contributed by atoms with Gasteiger partial charge in [0.2, 0.25) is 0 Å². The topological polar surface area (TPSA) is 44.3 Å². The van der Waals surface area contributed by atoms with E-state index >= 15 is 0 Å². The fourth-order valence-corrected chi connectivity index (χ4v) is 2.32. The third-order valence-electron chi connectivity index (χ3n) is 3.62. The van der Waals surface area contributed by atoms with Crippen LogP contribution in [-0.2, 0) is 6.54 Å². The normalized spacial score (nSPS) is 17.2. The molecule has 1 N–H and O–H groups in total. The average Bonchev–Trinajstić information content (AvgIpc) is 2.46. The van der Waals surface area contributed by atoms with E-state index in [1.54, 1.807) is 0 Å². The second-order valence-electron chi connectivity index (χ2n) is 5.26. The summed E-state index contributed by atoms with van der Waals surface area (Å²) >= 11 is 0. The van der Waals surface area contributed by atoms with Crippen molar-refractivity contribution in [2.75, 3.05) is 37.6 Å². The van der Waals surface area contributed by atoms with Gasteiger partial charge in [-0.15, -0.1) is 0 Å². The van der Waals surface area contributed by atoms with Crippen LogP contribution in [0.4, 0.5) is 5.82 Å². The summed E-state index contributed by atoms with van der Waals surface area (Å²) in [5.74, 6) is 1.00. The van der Waals surface area contributed by atoms with Crippen molar-refractivity contribution in [2.24, 2.45) is 0 Å². The van der Waals surface area contributed by atoms with Gasteiger partial charge in [-0.25, -0.2) is 4.98 Å². The van der Waals surface area contributed by atoms with E-state index in [-0.39, 0.29) is 0 Å². The third-order valence-corrected chi connectivity index (χ3v) is 3.62. The zero-order chi connectivity index (χ0) is 13.7. The van der Waals surface area contributed by atoms with Gasteiger partial charge in [-0.3, -0.25) is 9.88 Å². The highest BCUT2D eigenvalue weighted by Gasteiger charge is 2.19. The standard InChI is InChI=1S/C14H25N5/c1-4-15-9-13-10-17-14(11-16-13)19-7-5-18(6-8-19)12(2)3/h10-12,15H,4-9H2,1-3H3. The molecular formula is C14H25N5. The van der Waals surface area contributed by atoms with Crippen LogP contribution in [0.25, 0.3) is 0 Å². The fourth-order valence-electron chi connectivity index (χ4n) is 2.32. The highest BCUT2D eigenvalue weighted by Crippen LogP contribution is 2.13. The summed E-state index contributed by atoms with van der Waals surface area (Å²) in [7, 11) is 0. The SMILES string of the molecule is CCNCc1cnc(N2CCN(C(C)C)CC2)cn1. The summed E-state index contributed by atoms with van der Waals surface area (Å²) in [4.78, 5) is 13.8. The first-order valence-electron chi connectivity index (χ1n) is 7.21. The van der Waals surface area contributed by atoms with Crippen LogP contribution < -0.4 is 10.2 Å². The smallest absolute Gasteiger partial charge is 0.147 e. The fraction of sp³-hybridized carbons (Fsp3) is 0.714. The maximum Gasteiger partial charge on any atom is 0.147 e. The van der Waals surface area contributed by atoms with Gasteiger partial charge in [-0.2, -0.15) is 0 Å². The van der Waals surface area contributed by atoms with Crippen LogP contribution in [0.2, 0.25) is 0 Å². The summed E-state index contributed by atoms with van der Waals surface area (Å²) in [6.45, 7) is 12.7. The third kappa shape index (κ3) is 3.88. The number of nitrogens with zero attached hydrogens (tertiary/aromatic N) is 4. The van der Waals surface area contributed by atoms with E-state index < -0.39 is 0 Å². The highest BCUT2D eigenvalue weighted by molar-refractivity contribution is 5.36. The van der Waals surface area contributed by atoms with E-state index in [1.165, 1.54) is 0 Å². The molecule has 1 aliphatic heterocycles. The van der Waals surface area contributed by atoms with Crippen LogP contribution >= 0.6 is 0 Å². The van der Waals surface area contributed by atoms with Crippen LogP contribution in [0.5, 0.6) is 0 Å². The predicted octanol–water partition coefficient (Wildman–Crippen LogP) is 1.12. The van der Waals surface area contributed by atoms with Gasteiger partial charge in [-0.1, -0.05) is 6.92 Å². The lowest BCUT2D eigenvalue weighted by Gasteiger charge is -2.37. The van der Waals surface area contributed by atoms with Crippen molar-refractivity contribution >= 4 is 5.82 Å². The molecule has 5 heteroatoms. The summed E-state index contributed by atoms with van der Waals surface area (Å²) in [6, 6.07) is 0.635. The van der Waals surface area contributed by atoms with Gasteiger partial charge in [0.05, 0.1) is 18.1 Å². The molecular weight excluding hydrogens is 238 g/mol. The van der Waals surface area contributed by atoms with Crippen molar-refractivity contribution in [3.05, 3.63) is 18.1 Å².